The molecule has 0 radical (unpaired) electrons. The summed E-state index contributed by atoms with van der Waals surface area (Å²) in [5.41, 5.74) is 0.466. The van der Waals surface area contributed by atoms with Crippen molar-refractivity contribution in [3.05, 3.63) is 0 Å². The maximum absolute atomic E-state index is 3.65. The molecule has 12 heavy (non-hydrogen) atoms. The minimum Gasteiger partial charge on any atom is -0.320 e. The SMILES string of the molecule is CNCCCNC1(C)CCCC1. The summed E-state index contributed by atoms with van der Waals surface area (Å²) < 4.78 is 0. The molecule has 0 aromatic heterocycles. The molecule has 0 aromatic carbocycles. The summed E-state index contributed by atoms with van der Waals surface area (Å²) in [5.74, 6) is 0. The van der Waals surface area contributed by atoms with Gasteiger partial charge in [0.2, 0.25) is 0 Å². The molecule has 2 heteroatoms. The van der Waals surface area contributed by atoms with Gasteiger partial charge < -0.3 is 10.6 Å². The third-order valence-electron chi connectivity index (χ3n) is 2.86. The van der Waals surface area contributed by atoms with Crippen molar-refractivity contribution >= 4 is 0 Å². The lowest BCUT2D eigenvalue weighted by molar-refractivity contribution is 0.362. The zero-order chi connectivity index (χ0) is 8.86. The van der Waals surface area contributed by atoms with Crippen LogP contribution in [0.1, 0.15) is 39.0 Å². The van der Waals surface area contributed by atoms with E-state index >= 15 is 0 Å². The van der Waals surface area contributed by atoms with Crippen LogP contribution >= 0.6 is 0 Å². The van der Waals surface area contributed by atoms with Crippen molar-refractivity contribution in [3.63, 3.8) is 0 Å². The van der Waals surface area contributed by atoms with Gasteiger partial charge in [0.15, 0.2) is 0 Å². The van der Waals surface area contributed by atoms with E-state index in [0.29, 0.717) is 5.54 Å². The van der Waals surface area contributed by atoms with Gasteiger partial charge in [-0.25, -0.2) is 0 Å². The molecule has 1 fully saturated rings. The van der Waals surface area contributed by atoms with Crippen molar-refractivity contribution in [1.29, 1.82) is 0 Å². The Labute approximate surface area is 76.1 Å². The summed E-state index contributed by atoms with van der Waals surface area (Å²) in [5, 5.41) is 6.82. The van der Waals surface area contributed by atoms with E-state index in [1.54, 1.807) is 0 Å². The molecule has 0 bridgehead atoms. The Bertz CT molecular complexity index is 117. The van der Waals surface area contributed by atoms with E-state index in [1.807, 2.05) is 7.05 Å². The third kappa shape index (κ3) is 3.11. The number of nitrogens with one attached hydrogen (secondary N) is 2. The Morgan fingerprint density at radius 2 is 1.83 bits per heavy atom. The first-order chi connectivity index (χ1) is 5.77. The van der Waals surface area contributed by atoms with Crippen molar-refractivity contribution in [2.75, 3.05) is 20.1 Å². The fourth-order valence-electron chi connectivity index (χ4n) is 1.99. The van der Waals surface area contributed by atoms with Crippen molar-refractivity contribution < 1.29 is 0 Å². The molecule has 0 saturated heterocycles. The van der Waals surface area contributed by atoms with Crippen molar-refractivity contribution in [1.82, 2.24) is 10.6 Å². The maximum atomic E-state index is 3.65. The molecule has 0 unspecified atom stereocenters. The van der Waals surface area contributed by atoms with E-state index in [0.717, 1.165) is 13.1 Å². The van der Waals surface area contributed by atoms with Gasteiger partial charge in [0, 0.05) is 5.54 Å². The Morgan fingerprint density at radius 3 is 2.42 bits per heavy atom. The fourth-order valence-corrected chi connectivity index (χ4v) is 1.99. The zero-order valence-electron chi connectivity index (χ0n) is 8.45. The number of hydrogen-bond acceptors (Lipinski definition) is 2. The quantitative estimate of drug-likeness (QED) is 0.611. The Kier molecular flexibility index (Phi) is 4.02. The van der Waals surface area contributed by atoms with Crippen LogP contribution in [0, 0.1) is 0 Å². The summed E-state index contributed by atoms with van der Waals surface area (Å²) in [7, 11) is 2.01. The highest BCUT2D eigenvalue weighted by molar-refractivity contribution is 4.87. The van der Waals surface area contributed by atoms with Gasteiger partial charge in [-0.3, -0.25) is 0 Å². The fraction of sp³-hybridized carbons (Fsp3) is 1.00. The van der Waals surface area contributed by atoms with Crippen LogP contribution in [0.25, 0.3) is 0 Å². The van der Waals surface area contributed by atoms with Crippen LogP contribution in [-0.2, 0) is 0 Å². The predicted molar refractivity (Wildman–Crippen MR) is 53.4 cm³/mol. The first-order valence-electron chi connectivity index (χ1n) is 5.16. The van der Waals surface area contributed by atoms with E-state index in [-0.39, 0.29) is 0 Å². The minimum atomic E-state index is 0.466. The molecule has 0 aliphatic heterocycles. The average molecular weight is 170 g/mol. The van der Waals surface area contributed by atoms with Gasteiger partial charge in [0.1, 0.15) is 0 Å². The Balaban J connectivity index is 2.05. The molecule has 72 valence electrons. The maximum Gasteiger partial charge on any atom is 0.0153 e. The van der Waals surface area contributed by atoms with Gasteiger partial charge in [-0.05, 0) is 46.3 Å². The van der Waals surface area contributed by atoms with E-state index in [1.165, 1.54) is 32.1 Å². The predicted octanol–water partition coefficient (Wildman–Crippen LogP) is 1.52. The normalized spacial score (nSPS) is 21.5. The van der Waals surface area contributed by atoms with E-state index < -0.39 is 0 Å². The lowest BCUT2D eigenvalue weighted by Crippen LogP contribution is -2.40. The van der Waals surface area contributed by atoms with Crippen LogP contribution in [0.15, 0.2) is 0 Å². The summed E-state index contributed by atoms with van der Waals surface area (Å²) in [6.07, 6.45) is 6.80. The average Bonchev–Trinajstić information content (AvgIpc) is 2.47. The van der Waals surface area contributed by atoms with E-state index in [4.69, 9.17) is 0 Å². The second-order valence-corrected chi connectivity index (χ2v) is 4.15. The number of rotatable bonds is 5. The highest BCUT2D eigenvalue weighted by atomic mass is 15.0. The molecule has 1 aliphatic rings. The molecule has 0 spiro atoms. The van der Waals surface area contributed by atoms with Gasteiger partial charge in [-0.2, -0.15) is 0 Å². The first kappa shape index (κ1) is 10.0. The van der Waals surface area contributed by atoms with Crippen molar-refractivity contribution in [2.45, 2.75) is 44.6 Å². The molecule has 2 nitrogen and oxygen atoms in total. The Hall–Kier alpha value is -0.0800. The Morgan fingerprint density at radius 1 is 1.17 bits per heavy atom. The van der Waals surface area contributed by atoms with Gasteiger partial charge >= 0.3 is 0 Å². The molecule has 0 amide bonds. The summed E-state index contributed by atoms with van der Waals surface area (Å²) in [4.78, 5) is 0. The standard InChI is InChI=1S/C10H22N2/c1-10(6-3-4-7-10)12-9-5-8-11-2/h11-12H,3-9H2,1-2H3. The molecule has 0 heterocycles. The lowest BCUT2D eigenvalue weighted by Gasteiger charge is -2.25. The molecule has 2 N–H and O–H groups in total. The molecule has 1 rings (SSSR count). The molecular formula is C10H22N2. The topological polar surface area (TPSA) is 24.1 Å². The molecule has 1 aliphatic carbocycles. The third-order valence-corrected chi connectivity index (χ3v) is 2.86. The summed E-state index contributed by atoms with van der Waals surface area (Å²) >= 11 is 0. The molecule has 0 atom stereocenters. The summed E-state index contributed by atoms with van der Waals surface area (Å²) in [6.45, 7) is 4.65. The van der Waals surface area contributed by atoms with Crippen LogP contribution in [-0.4, -0.2) is 25.7 Å². The van der Waals surface area contributed by atoms with Crippen molar-refractivity contribution in [3.8, 4) is 0 Å². The van der Waals surface area contributed by atoms with E-state index in [9.17, 15) is 0 Å². The molecular weight excluding hydrogens is 148 g/mol. The van der Waals surface area contributed by atoms with Crippen LogP contribution < -0.4 is 10.6 Å². The second kappa shape index (κ2) is 4.83. The zero-order valence-corrected chi connectivity index (χ0v) is 8.45. The number of hydrogen-bond donors (Lipinski definition) is 2. The van der Waals surface area contributed by atoms with Crippen LogP contribution in [0.4, 0.5) is 0 Å². The molecule has 1 saturated carbocycles. The lowest BCUT2D eigenvalue weighted by atomic mass is 10.0. The van der Waals surface area contributed by atoms with Crippen molar-refractivity contribution in [2.24, 2.45) is 0 Å². The molecule has 0 aromatic rings. The largest absolute Gasteiger partial charge is 0.320 e. The smallest absolute Gasteiger partial charge is 0.0153 e. The van der Waals surface area contributed by atoms with Gasteiger partial charge in [-0.15, -0.1) is 0 Å². The van der Waals surface area contributed by atoms with Crippen LogP contribution in [0.2, 0.25) is 0 Å². The highest BCUT2D eigenvalue weighted by Gasteiger charge is 2.26. The van der Waals surface area contributed by atoms with Gasteiger partial charge in [0.25, 0.3) is 0 Å². The first-order valence-corrected chi connectivity index (χ1v) is 5.16. The van der Waals surface area contributed by atoms with Crippen LogP contribution in [0.5, 0.6) is 0 Å². The summed E-state index contributed by atoms with van der Waals surface area (Å²) in [6, 6.07) is 0. The van der Waals surface area contributed by atoms with Gasteiger partial charge in [0.05, 0.1) is 0 Å². The monoisotopic (exact) mass is 170 g/mol. The van der Waals surface area contributed by atoms with Crippen LogP contribution in [0.3, 0.4) is 0 Å². The minimum absolute atomic E-state index is 0.466. The highest BCUT2D eigenvalue weighted by Crippen LogP contribution is 2.28. The second-order valence-electron chi connectivity index (χ2n) is 4.15. The van der Waals surface area contributed by atoms with Gasteiger partial charge in [-0.1, -0.05) is 12.8 Å². The van der Waals surface area contributed by atoms with E-state index in [2.05, 4.69) is 17.6 Å².